The molecule has 0 spiro atoms. The zero-order valence-electron chi connectivity index (χ0n) is 11.5. The zero-order chi connectivity index (χ0) is 14.4. The van der Waals surface area contributed by atoms with Gasteiger partial charge >= 0.3 is 0 Å². The Labute approximate surface area is 118 Å². The normalized spacial score (nSPS) is 12.3. The van der Waals surface area contributed by atoms with E-state index in [0.29, 0.717) is 18.7 Å². The molecule has 0 aliphatic rings. The number of benzene rings is 1. The number of hydrogen-bond donors (Lipinski definition) is 2. The van der Waals surface area contributed by atoms with Crippen LogP contribution in [0.25, 0.3) is 0 Å². The fourth-order valence-electron chi connectivity index (χ4n) is 2.08. The second-order valence-electron chi connectivity index (χ2n) is 4.66. The van der Waals surface area contributed by atoms with Crippen LogP contribution in [0.1, 0.15) is 29.8 Å². The van der Waals surface area contributed by atoms with Crippen LogP contribution in [-0.4, -0.2) is 16.6 Å². The molecular formula is C16H19FN2O. The van der Waals surface area contributed by atoms with Crippen molar-refractivity contribution in [2.75, 3.05) is 6.54 Å². The maximum Gasteiger partial charge on any atom is 0.123 e. The minimum atomic E-state index is -0.649. The molecule has 3 nitrogen and oxygen atoms in total. The number of rotatable bonds is 6. The summed E-state index contributed by atoms with van der Waals surface area (Å²) in [7, 11) is 0. The number of pyridine rings is 1. The first-order chi connectivity index (χ1) is 9.70. The number of aliphatic hydroxyl groups excluding tert-OH is 1. The molecule has 1 aromatic heterocycles. The van der Waals surface area contributed by atoms with Crippen LogP contribution in [0, 0.1) is 5.82 Å². The van der Waals surface area contributed by atoms with Crippen molar-refractivity contribution in [3.63, 3.8) is 0 Å². The van der Waals surface area contributed by atoms with Crippen LogP contribution in [0.5, 0.6) is 0 Å². The highest BCUT2D eigenvalue weighted by molar-refractivity contribution is 5.20. The molecule has 2 aromatic rings. The fraction of sp³-hybridized carbons (Fsp3) is 0.312. The molecule has 0 fully saturated rings. The molecule has 0 amide bonds. The average molecular weight is 274 g/mol. The monoisotopic (exact) mass is 274 g/mol. The first-order valence-corrected chi connectivity index (χ1v) is 6.77. The lowest BCUT2D eigenvalue weighted by atomic mass is 10.1. The van der Waals surface area contributed by atoms with E-state index in [1.807, 2.05) is 6.07 Å². The Hall–Kier alpha value is -1.78. The Morgan fingerprint density at radius 3 is 2.70 bits per heavy atom. The van der Waals surface area contributed by atoms with Crippen LogP contribution >= 0.6 is 0 Å². The molecule has 0 aliphatic carbocycles. The predicted octanol–water partition coefficient (Wildman–Crippen LogP) is 2.61. The van der Waals surface area contributed by atoms with Crippen molar-refractivity contribution in [2.45, 2.75) is 26.0 Å². The van der Waals surface area contributed by atoms with E-state index < -0.39 is 6.10 Å². The van der Waals surface area contributed by atoms with Crippen LogP contribution in [0.4, 0.5) is 4.39 Å². The molecule has 1 atom stereocenters. The number of aryl methyl sites for hydroxylation is 1. The molecule has 0 radical (unpaired) electrons. The number of aromatic nitrogens is 1. The van der Waals surface area contributed by atoms with Crippen molar-refractivity contribution in [1.82, 2.24) is 10.3 Å². The predicted molar refractivity (Wildman–Crippen MR) is 76.7 cm³/mol. The first-order valence-electron chi connectivity index (χ1n) is 6.77. The summed E-state index contributed by atoms with van der Waals surface area (Å²) < 4.78 is 12.8. The van der Waals surface area contributed by atoms with Gasteiger partial charge in [0.05, 0.1) is 11.8 Å². The average Bonchev–Trinajstić information content (AvgIpc) is 2.48. The largest absolute Gasteiger partial charge is 0.387 e. The number of hydrogen-bond acceptors (Lipinski definition) is 3. The molecule has 106 valence electrons. The van der Waals surface area contributed by atoms with E-state index in [0.717, 1.165) is 12.1 Å². The molecule has 0 saturated heterocycles. The Morgan fingerprint density at radius 2 is 2.00 bits per heavy atom. The SMILES string of the molecule is CCc1cccnc1CNCC(O)c1ccc(F)cc1. The number of nitrogens with zero attached hydrogens (tertiary/aromatic N) is 1. The maximum absolute atomic E-state index is 12.8. The van der Waals surface area contributed by atoms with E-state index >= 15 is 0 Å². The number of nitrogens with one attached hydrogen (secondary N) is 1. The van der Waals surface area contributed by atoms with Crippen molar-refractivity contribution >= 4 is 0 Å². The lowest BCUT2D eigenvalue weighted by molar-refractivity contribution is 0.174. The van der Waals surface area contributed by atoms with E-state index in [-0.39, 0.29) is 5.82 Å². The summed E-state index contributed by atoms with van der Waals surface area (Å²) in [5.41, 5.74) is 2.91. The lowest BCUT2D eigenvalue weighted by Crippen LogP contribution is -2.22. The molecule has 0 saturated carbocycles. The third kappa shape index (κ3) is 3.85. The van der Waals surface area contributed by atoms with Gasteiger partial charge in [-0.05, 0) is 35.7 Å². The highest BCUT2D eigenvalue weighted by atomic mass is 19.1. The third-order valence-corrected chi connectivity index (χ3v) is 3.25. The minimum absolute atomic E-state index is 0.296. The van der Waals surface area contributed by atoms with Crippen LogP contribution in [0.15, 0.2) is 42.6 Å². The van der Waals surface area contributed by atoms with Gasteiger partial charge in [-0.15, -0.1) is 0 Å². The second-order valence-corrected chi connectivity index (χ2v) is 4.66. The van der Waals surface area contributed by atoms with E-state index in [9.17, 15) is 9.50 Å². The zero-order valence-corrected chi connectivity index (χ0v) is 11.5. The van der Waals surface area contributed by atoms with E-state index in [1.54, 1.807) is 18.3 Å². The van der Waals surface area contributed by atoms with Crippen molar-refractivity contribution in [1.29, 1.82) is 0 Å². The molecule has 1 aromatic carbocycles. The first kappa shape index (κ1) is 14.6. The summed E-state index contributed by atoms with van der Waals surface area (Å²) in [5, 5.41) is 13.2. The lowest BCUT2D eigenvalue weighted by Gasteiger charge is -2.13. The standard InChI is InChI=1S/C16H19FN2O/c1-2-12-4-3-9-19-15(12)10-18-11-16(20)13-5-7-14(17)8-6-13/h3-9,16,18,20H,2,10-11H2,1H3. The number of aliphatic hydroxyl groups is 1. The van der Waals surface area contributed by atoms with Crippen LogP contribution in [0.2, 0.25) is 0 Å². The van der Waals surface area contributed by atoms with Crippen molar-refractivity contribution in [3.05, 3.63) is 65.2 Å². The van der Waals surface area contributed by atoms with Crippen LogP contribution in [0.3, 0.4) is 0 Å². The number of halogens is 1. The Morgan fingerprint density at radius 1 is 1.25 bits per heavy atom. The van der Waals surface area contributed by atoms with Gasteiger partial charge in [0.2, 0.25) is 0 Å². The molecule has 1 unspecified atom stereocenters. The third-order valence-electron chi connectivity index (χ3n) is 3.25. The molecule has 2 rings (SSSR count). The summed E-state index contributed by atoms with van der Waals surface area (Å²) in [6.07, 6.45) is 2.06. The van der Waals surface area contributed by atoms with Crippen LogP contribution < -0.4 is 5.32 Å². The van der Waals surface area contributed by atoms with Gasteiger partial charge in [-0.1, -0.05) is 25.1 Å². The Balaban J connectivity index is 1.87. The molecular weight excluding hydrogens is 255 g/mol. The van der Waals surface area contributed by atoms with Gasteiger partial charge in [0.15, 0.2) is 0 Å². The fourth-order valence-corrected chi connectivity index (χ4v) is 2.08. The summed E-state index contributed by atoms with van der Waals surface area (Å²) in [5.74, 6) is -0.296. The van der Waals surface area contributed by atoms with Gasteiger partial charge in [-0.3, -0.25) is 4.98 Å². The molecule has 0 bridgehead atoms. The maximum atomic E-state index is 12.8. The highest BCUT2D eigenvalue weighted by Gasteiger charge is 2.08. The topological polar surface area (TPSA) is 45.2 Å². The Bertz CT molecular complexity index is 542. The van der Waals surface area contributed by atoms with Gasteiger partial charge < -0.3 is 10.4 Å². The van der Waals surface area contributed by atoms with E-state index in [2.05, 4.69) is 23.3 Å². The van der Waals surface area contributed by atoms with Gasteiger partial charge in [0, 0.05) is 19.3 Å². The molecule has 20 heavy (non-hydrogen) atoms. The van der Waals surface area contributed by atoms with Crippen molar-refractivity contribution in [3.8, 4) is 0 Å². The smallest absolute Gasteiger partial charge is 0.123 e. The van der Waals surface area contributed by atoms with Gasteiger partial charge in [0.1, 0.15) is 5.82 Å². The summed E-state index contributed by atoms with van der Waals surface area (Å²) in [4.78, 5) is 4.34. The summed E-state index contributed by atoms with van der Waals surface area (Å²) in [6, 6.07) is 9.88. The quantitative estimate of drug-likeness (QED) is 0.851. The van der Waals surface area contributed by atoms with Gasteiger partial charge in [0.25, 0.3) is 0 Å². The van der Waals surface area contributed by atoms with E-state index in [1.165, 1.54) is 17.7 Å². The second kappa shape index (κ2) is 7.12. The minimum Gasteiger partial charge on any atom is -0.387 e. The summed E-state index contributed by atoms with van der Waals surface area (Å²) in [6.45, 7) is 3.11. The van der Waals surface area contributed by atoms with Crippen LogP contribution in [-0.2, 0) is 13.0 Å². The van der Waals surface area contributed by atoms with E-state index in [4.69, 9.17) is 0 Å². The highest BCUT2D eigenvalue weighted by Crippen LogP contribution is 2.13. The molecule has 0 aliphatic heterocycles. The summed E-state index contributed by atoms with van der Waals surface area (Å²) >= 11 is 0. The van der Waals surface area contributed by atoms with Crippen molar-refractivity contribution < 1.29 is 9.50 Å². The van der Waals surface area contributed by atoms with Gasteiger partial charge in [-0.2, -0.15) is 0 Å². The molecule has 2 N–H and O–H groups in total. The van der Waals surface area contributed by atoms with Gasteiger partial charge in [-0.25, -0.2) is 4.39 Å². The molecule has 1 heterocycles. The molecule has 4 heteroatoms. The van der Waals surface area contributed by atoms with Crippen molar-refractivity contribution in [2.24, 2.45) is 0 Å². The Kier molecular flexibility index (Phi) is 5.21.